The van der Waals surface area contributed by atoms with Gasteiger partial charge in [0.15, 0.2) is 22.4 Å². The summed E-state index contributed by atoms with van der Waals surface area (Å²) in [7, 11) is -3.28. The van der Waals surface area contributed by atoms with Crippen molar-refractivity contribution in [2.75, 3.05) is 38.7 Å². The van der Waals surface area contributed by atoms with Gasteiger partial charge in [-0.25, -0.2) is 13.2 Å². The third kappa shape index (κ3) is 12.9. The first kappa shape index (κ1) is 45.4. The predicted octanol–water partition coefficient (Wildman–Crippen LogP) is -3.61. The Balaban J connectivity index is 0.999. The Labute approximate surface area is 320 Å². The van der Waals surface area contributed by atoms with E-state index in [2.05, 4.69) is 21.3 Å². The number of nitrogens with one attached hydrogen (secondary N) is 4. The summed E-state index contributed by atoms with van der Waals surface area (Å²) >= 11 is 0. The standard InChI is InChI=1S/C34H60N4O16S/c39-16-20-26(43)28(45)30(47)32(52-20)54-31-29(46)27(44)21(17-40)53-33(31)51-15-9-3-4-11-23(41)35-13-7-1-2-8-14-36-24(42)12-6-5-10-22-25-19(18-55(22,49)50)37-34(48)38-25/h19-22,25-33,39-40,43-47H,1-18H2,(H,35,41)(H,36,42)(H2,37,38,48)/t19-,20+,21+,22-,25-,26+,27+,28-,29-,30-,31-,32-,33-/m0/s1. The van der Waals surface area contributed by atoms with E-state index in [0.29, 0.717) is 64.5 Å². The Hall–Kier alpha value is -2.28. The van der Waals surface area contributed by atoms with Gasteiger partial charge in [0.1, 0.15) is 48.8 Å². The van der Waals surface area contributed by atoms with Crippen LogP contribution in [0.5, 0.6) is 0 Å². The highest BCUT2D eigenvalue weighted by Crippen LogP contribution is 2.31. The monoisotopic (exact) mass is 812 g/mol. The molecule has 4 amide bonds. The lowest BCUT2D eigenvalue weighted by Crippen LogP contribution is -2.64. The van der Waals surface area contributed by atoms with Crippen LogP contribution in [0.25, 0.3) is 0 Å². The molecule has 0 radical (unpaired) electrons. The molecule has 318 valence electrons. The number of sulfone groups is 1. The van der Waals surface area contributed by atoms with E-state index in [1.165, 1.54) is 0 Å². The largest absolute Gasteiger partial charge is 0.394 e. The highest BCUT2D eigenvalue weighted by Gasteiger charge is 2.52. The van der Waals surface area contributed by atoms with Crippen LogP contribution in [0.2, 0.25) is 0 Å². The maximum Gasteiger partial charge on any atom is 0.315 e. The van der Waals surface area contributed by atoms with Crippen LogP contribution in [-0.2, 0) is 38.4 Å². The first-order valence-electron chi connectivity index (χ1n) is 19.3. The molecule has 11 N–H and O–H groups in total. The fourth-order valence-electron chi connectivity index (χ4n) is 7.31. The van der Waals surface area contributed by atoms with E-state index in [1.807, 2.05) is 0 Å². The molecule has 0 aromatic carbocycles. The summed E-state index contributed by atoms with van der Waals surface area (Å²) in [4.78, 5) is 36.0. The van der Waals surface area contributed by atoms with E-state index < -0.39 is 95.8 Å². The minimum absolute atomic E-state index is 0.0536. The number of carbonyl (C=O) groups is 3. The number of aliphatic hydroxyl groups is 7. The summed E-state index contributed by atoms with van der Waals surface area (Å²) in [5.74, 6) is -0.222. The van der Waals surface area contributed by atoms with Crippen molar-refractivity contribution in [3.63, 3.8) is 0 Å². The Morgan fingerprint density at radius 3 is 1.89 bits per heavy atom. The van der Waals surface area contributed by atoms with Crippen LogP contribution >= 0.6 is 0 Å². The van der Waals surface area contributed by atoms with Crippen molar-refractivity contribution in [3.8, 4) is 0 Å². The quantitative estimate of drug-likeness (QED) is 0.0351. The number of hydrogen-bond acceptors (Lipinski definition) is 16. The fraction of sp³-hybridized carbons (Fsp3) is 0.912. The molecule has 20 nitrogen and oxygen atoms in total. The second kappa shape index (κ2) is 22.0. The van der Waals surface area contributed by atoms with Crippen LogP contribution in [0, 0.1) is 0 Å². The smallest absolute Gasteiger partial charge is 0.315 e. The number of rotatable bonds is 23. The molecule has 0 unspecified atom stereocenters. The minimum atomic E-state index is -3.28. The molecule has 0 aromatic heterocycles. The van der Waals surface area contributed by atoms with E-state index in [4.69, 9.17) is 18.9 Å². The van der Waals surface area contributed by atoms with Crippen molar-refractivity contribution < 1.29 is 77.5 Å². The average molecular weight is 813 g/mol. The van der Waals surface area contributed by atoms with Crippen molar-refractivity contribution in [3.05, 3.63) is 0 Å². The maximum absolute atomic E-state index is 12.4. The molecule has 13 atom stereocenters. The Kier molecular flexibility index (Phi) is 18.2. The number of urea groups is 1. The fourth-order valence-corrected chi connectivity index (χ4v) is 9.58. The summed E-state index contributed by atoms with van der Waals surface area (Å²) in [5, 5.41) is 81.0. The summed E-state index contributed by atoms with van der Waals surface area (Å²) in [6.07, 6.45) is -8.03. The van der Waals surface area contributed by atoms with Crippen LogP contribution in [0.15, 0.2) is 0 Å². The lowest BCUT2D eigenvalue weighted by molar-refractivity contribution is -0.367. The highest BCUT2D eigenvalue weighted by molar-refractivity contribution is 7.92. The van der Waals surface area contributed by atoms with Gasteiger partial charge < -0.3 is 76.0 Å². The van der Waals surface area contributed by atoms with Gasteiger partial charge in [0.25, 0.3) is 0 Å². The molecular formula is C34H60N4O16S. The third-order valence-electron chi connectivity index (χ3n) is 10.5. The first-order chi connectivity index (χ1) is 26.3. The number of fused-ring (bicyclic) bond motifs is 1. The van der Waals surface area contributed by atoms with Crippen molar-refractivity contribution in [2.24, 2.45) is 0 Å². The van der Waals surface area contributed by atoms with Gasteiger partial charge in [-0.3, -0.25) is 9.59 Å². The molecule has 0 saturated carbocycles. The lowest BCUT2D eigenvalue weighted by atomic mass is 9.97. The number of unbranched alkanes of at least 4 members (excludes halogenated alkanes) is 6. The Morgan fingerprint density at radius 1 is 0.709 bits per heavy atom. The first-order valence-corrected chi connectivity index (χ1v) is 21.0. The van der Waals surface area contributed by atoms with Crippen LogP contribution in [0.3, 0.4) is 0 Å². The molecule has 4 rings (SSSR count). The van der Waals surface area contributed by atoms with E-state index in [1.54, 1.807) is 0 Å². The minimum Gasteiger partial charge on any atom is -0.394 e. The van der Waals surface area contributed by atoms with Gasteiger partial charge >= 0.3 is 6.03 Å². The van der Waals surface area contributed by atoms with Crippen molar-refractivity contribution in [2.45, 2.75) is 156 Å². The van der Waals surface area contributed by atoms with Crippen molar-refractivity contribution in [1.82, 2.24) is 21.3 Å². The molecule has 55 heavy (non-hydrogen) atoms. The average Bonchev–Trinajstić information content (AvgIpc) is 3.61. The van der Waals surface area contributed by atoms with Gasteiger partial charge in [0, 0.05) is 32.5 Å². The molecule has 4 aliphatic heterocycles. The zero-order chi connectivity index (χ0) is 40.1. The zero-order valence-electron chi connectivity index (χ0n) is 30.9. The summed E-state index contributed by atoms with van der Waals surface area (Å²) < 4.78 is 47.1. The third-order valence-corrected chi connectivity index (χ3v) is 12.8. The summed E-state index contributed by atoms with van der Waals surface area (Å²) in [6.45, 7) is -0.171. The van der Waals surface area contributed by atoms with Gasteiger partial charge in [-0.05, 0) is 38.5 Å². The van der Waals surface area contributed by atoms with Crippen molar-refractivity contribution >= 4 is 27.7 Å². The van der Waals surface area contributed by atoms with Crippen molar-refractivity contribution in [1.29, 1.82) is 0 Å². The molecule has 4 aliphatic rings. The SMILES string of the molecule is O=C(CCCCCO[C@H]1O[C@H](CO)[C@@H](O)[C@H](O)[C@@H]1O[C@@H]1O[C@H](CO)[C@@H](O)[C@H](O)[C@@H]1O)NCCCCCCNC(=O)CCCC[C@H]1[C@H]2NC(=O)N[C@H]2CS1(=O)=O. The molecule has 0 aromatic rings. The summed E-state index contributed by atoms with van der Waals surface area (Å²) in [6, 6.07) is -1.13. The molecule has 0 aliphatic carbocycles. The zero-order valence-corrected chi connectivity index (χ0v) is 31.8. The topological polar surface area (TPSA) is 312 Å². The molecular weight excluding hydrogens is 752 g/mol. The van der Waals surface area contributed by atoms with E-state index in [-0.39, 0.29) is 36.2 Å². The molecule has 21 heteroatoms. The van der Waals surface area contributed by atoms with Crippen LogP contribution < -0.4 is 21.3 Å². The maximum atomic E-state index is 12.4. The van der Waals surface area contributed by atoms with Crippen LogP contribution in [0.1, 0.15) is 77.0 Å². The normalized spacial score (nSPS) is 35.5. The summed E-state index contributed by atoms with van der Waals surface area (Å²) in [5.41, 5.74) is 0. The van der Waals surface area contributed by atoms with Gasteiger partial charge in [-0.2, -0.15) is 0 Å². The second-order valence-corrected chi connectivity index (χ2v) is 16.9. The molecule has 0 spiro atoms. The van der Waals surface area contributed by atoms with E-state index in [0.717, 1.165) is 25.7 Å². The molecule has 4 heterocycles. The van der Waals surface area contributed by atoms with E-state index >= 15 is 0 Å². The number of aliphatic hydroxyl groups excluding tert-OH is 7. The van der Waals surface area contributed by atoms with Gasteiger partial charge in [-0.15, -0.1) is 0 Å². The van der Waals surface area contributed by atoms with Crippen LogP contribution in [-0.4, -0.2) is 179 Å². The highest BCUT2D eigenvalue weighted by atomic mass is 32.2. The van der Waals surface area contributed by atoms with Gasteiger partial charge in [0.05, 0.1) is 36.3 Å². The number of carbonyl (C=O) groups excluding carboxylic acids is 3. The molecule has 4 saturated heterocycles. The Morgan fingerprint density at radius 2 is 1.27 bits per heavy atom. The Bertz CT molecular complexity index is 1330. The van der Waals surface area contributed by atoms with Gasteiger partial charge in [0.2, 0.25) is 11.8 Å². The predicted molar refractivity (Wildman–Crippen MR) is 191 cm³/mol. The lowest BCUT2D eigenvalue weighted by Gasteiger charge is -2.45. The van der Waals surface area contributed by atoms with Gasteiger partial charge in [-0.1, -0.05) is 25.7 Å². The number of ether oxygens (including phenoxy) is 4. The number of amides is 4. The molecule has 4 fully saturated rings. The second-order valence-electron chi connectivity index (χ2n) is 14.7. The molecule has 0 bridgehead atoms. The number of hydrogen-bond donors (Lipinski definition) is 11. The van der Waals surface area contributed by atoms with Crippen LogP contribution in [0.4, 0.5) is 4.79 Å². The van der Waals surface area contributed by atoms with E-state index in [9.17, 15) is 58.5 Å².